The maximum absolute atomic E-state index is 12.6. The Hall–Kier alpha value is -1.55. The molecule has 3 rings (SSSR count). The molecule has 0 saturated carbocycles. The summed E-state index contributed by atoms with van der Waals surface area (Å²) in [4.78, 5) is 16.9. The van der Waals surface area contributed by atoms with Crippen molar-refractivity contribution in [2.45, 2.75) is 32.2 Å². The minimum Gasteiger partial charge on any atom is -0.368 e. The molecule has 0 aromatic heterocycles. The molecule has 1 amide bonds. The van der Waals surface area contributed by atoms with Gasteiger partial charge in [0.1, 0.15) is 0 Å². The van der Waals surface area contributed by atoms with E-state index in [1.807, 2.05) is 17.0 Å². The minimum absolute atomic E-state index is 0.257. The van der Waals surface area contributed by atoms with E-state index in [0.717, 1.165) is 38.3 Å². The van der Waals surface area contributed by atoms with Gasteiger partial charge in [0.15, 0.2) is 0 Å². The van der Waals surface area contributed by atoms with E-state index in [-0.39, 0.29) is 5.91 Å². The van der Waals surface area contributed by atoms with Crippen molar-refractivity contribution in [1.29, 1.82) is 0 Å². The van der Waals surface area contributed by atoms with E-state index in [2.05, 4.69) is 29.3 Å². The third-order valence-electron chi connectivity index (χ3n) is 4.37. The molecule has 108 valence electrons. The van der Waals surface area contributed by atoms with Crippen LogP contribution in [-0.2, 0) is 4.79 Å². The summed E-state index contributed by atoms with van der Waals surface area (Å²) in [7, 11) is 0. The first kappa shape index (κ1) is 13.4. The SMILES string of the molecule is CCN1CCN(C(=O)CC2CCCN2)c2ccccc21. The van der Waals surface area contributed by atoms with E-state index < -0.39 is 0 Å². The average molecular weight is 273 g/mol. The van der Waals surface area contributed by atoms with Gasteiger partial charge in [-0.25, -0.2) is 0 Å². The number of rotatable bonds is 3. The summed E-state index contributed by atoms with van der Waals surface area (Å²) in [5, 5.41) is 3.41. The Morgan fingerprint density at radius 2 is 2.10 bits per heavy atom. The molecule has 0 radical (unpaired) electrons. The van der Waals surface area contributed by atoms with Crippen molar-refractivity contribution >= 4 is 17.3 Å². The maximum Gasteiger partial charge on any atom is 0.228 e. The number of para-hydroxylation sites is 2. The van der Waals surface area contributed by atoms with E-state index >= 15 is 0 Å². The number of carbonyl (C=O) groups excluding carboxylic acids is 1. The normalized spacial score (nSPS) is 21.9. The fraction of sp³-hybridized carbons (Fsp3) is 0.562. The zero-order valence-electron chi connectivity index (χ0n) is 12.1. The van der Waals surface area contributed by atoms with Crippen molar-refractivity contribution in [3.8, 4) is 0 Å². The molecule has 0 bridgehead atoms. The first-order chi connectivity index (χ1) is 9.79. The van der Waals surface area contributed by atoms with Crippen LogP contribution >= 0.6 is 0 Å². The van der Waals surface area contributed by atoms with Crippen LogP contribution in [0.4, 0.5) is 11.4 Å². The lowest BCUT2D eigenvalue weighted by atomic mass is 10.1. The van der Waals surface area contributed by atoms with Crippen LogP contribution in [0.1, 0.15) is 26.2 Å². The van der Waals surface area contributed by atoms with Crippen LogP contribution in [0.3, 0.4) is 0 Å². The summed E-state index contributed by atoms with van der Waals surface area (Å²) in [5.41, 5.74) is 2.26. The molecule has 2 aliphatic rings. The molecule has 1 aromatic rings. The van der Waals surface area contributed by atoms with Crippen LogP contribution in [0.15, 0.2) is 24.3 Å². The van der Waals surface area contributed by atoms with Crippen molar-refractivity contribution in [2.75, 3.05) is 36.0 Å². The van der Waals surface area contributed by atoms with Gasteiger partial charge in [0.2, 0.25) is 5.91 Å². The van der Waals surface area contributed by atoms with Gasteiger partial charge in [-0.15, -0.1) is 0 Å². The van der Waals surface area contributed by atoms with Crippen LogP contribution in [0, 0.1) is 0 Å². The zero-order valence-corrected chi connectivity index (χ0v) is 12.1. The van der Waals surface area contributed by atoms with Crippen molar-refractivity contribution < 1.29 is 4.79 Å². The van der Waals surface area contributed by atoms with Gasteiger partial charge in [0.05, 0.1) is 11.4 Å². The summed E-state index contributed by atoms with van der Waals surface area (Å²) in [6, 6.07) is 8.63. The van der Waals surface area contributed by atoms with Gasteiger partial charge in [-0.05, 0) is 38.4 Å². The minimum atomic E-state index is 0.257. The molecule has 2 heterocycles. The number of anilines is 2. The Bertz CT molecular complexity index is 482. The molecule has 1 fully saturated rings. The molecule has 1 atom stereocenters. The molecule has 1 aromatic carbocycles. The number of likely N-dealkylation sites (N-methyl/N-ethyl adjacent to an activating group) is 1. The van der Waals surface area contributed by atoms with Gasteiger partial charge in [-0.1, -0.05) is 12.1 Å². The Labute approximate surface area is 120 Å². The first-order valence-electron chi connectivity index (χ1n) is 7.67. The van der Waals surface area contributed by atoms with Crippen LogP contribution < -0.4 is 15.1 Å². The predicted molar refractivity (Wildman–Crippen MR) is 82.3 cm³/mol. The number of carbonyl (C=O) groups is 1. The molecule has 1 N–H and O–H groups in total. The van der Waals surface area contributed by atoms with Gasteiger partial charge in [0.25, 0.3) is 0 Å². The smallest absolute Gasteiger partial charge is 0.228 e. The summed E-state index contributed by atoms with van der Waals surface area (Å²) in [6.45, 7) is 5.94. The van der Waals surface area contributed by atoms with Gasteiger partial charge in [0, 0.05) is 32.1 Å². The molecule has 20 heavy (non-hydrogen) atoms. The highest BCUT2D eigenvalue weighted by atomic mass is 16.2. The molecule has 0 spiro atoms. The van der Waals surface area contributed by atoms with Crippen molar-refractivity contribution in [1.82, 2.24) is 5.32 Å². The first-order valence-corrected chi connectivity index (χ1v) is 7.67. The second-order valence-corrected chi connectivity index (χ2v) is 5.61. The summed E-state index contributed by atoms with van der Waals surface area (Å²) >= 11 is 0. The fourth-order valence-electron chi connectivity index (χ4n) is 3.26. The Morgan fingerprint density at radius 1 is 1.30 bits per heavy atom. The highest BCUT2D eigenvalue weighted by Crippen LogP contribution is 2.33. The number of fused-ring (bicyclic) bond motifs is 1. The largest absolute Gasteiger partial charge is 0.368 e. The quantitative estimate of drug-likeness (QED) is 0.915. The van der Waals surface area contributed by atoms with Crippen LogP contribution in [0.2, 0.25) is 0 Å². The van der Waals surface area contributed by atoms with E-state index in [0.29, 0.717) is 12.5 Å². The summed E-state index contributed by atoms with van der Waals surface area (Å²) < 4.78 is 0. The number of hydrogen-bond acceptors (Lipinski definition) is 3. The Balaban J connectivity index is 1.78. The highest BCUT2D eigenvalue weighted by molar-refractivity contribution is 5.98. The second-order valence-electron chi connectivity index (χ2n) is 5.61. The Morgan fingerprint density at radius 3 is 2.80 bits per heavy atom. The molecule has 1 saturated heterocycles. The lowest BCUT2D eigenvalue weighted by molar-refractivity contribution is -0.119. The zero-order chi connectivity index (χ0) is 13.9. The molecular formula is C16H23N3O. The number of nitrogens with zero attached hydrogens (tertiary/aromatic N) is 2. The second kappa shape index (κ2) is 5.83. The number of amides is 1. The van der Waals surface area contributed by atoms with Crippen LogP contribution in [0.5, 0.6) is 0 Å². The van der Waals surface area contributed by atoms with E-state index in [1.165, 1.54) is 12.1 Å². The monoisotopic (exact) mass is 273 g/mol. The predicted octanol–water partition coefficient (Wildman–Crippen LogP) is 2.00. The molecule has 4 nitrogen and oxygen atoms in total. The molecular weight excluding hydrogens is 250 g/mol. The fourth-order valence-corrected chi connectivity index (χ4v) is 3.26. The van der Waals surface area contributed by atoms with Crippen LogP contribution in [0.25, 0.3) is 0 Å². The third kappa shape index (κ3) is 2.52. The maximum atomic E-state index is 12.6. The number of hydrogen-bond donors (Lipinski definition) is 1. The van der Waals surface area contributed by atoms with Gasteiger partial charge >= 0.3 is 0 Å². The van der Waals surface area contributed by atoms with E-state index in [9.17, 15) is 4.79 Å². The van der Waals surface area contributed by atoms with Crippen molar-refractivity contribution in [3.63, 3.8) is 0 Å². The summed E-state index contributed by atoms with van der Waals surface area (Å²) in [6.07, 6.45) is 2.95. The lowest BCUT2D eigenvalue weighted by Crippen LogP contribution is -2.45. The van der Waals surface area contributed by atoms with Crippen molar-refractivity contribution in [2.24, 2.45) is 0 Å². The molecule has 0 aliphatic carbocycles. The number of benzene rings is 1. The van der Waals surface area contributed by atoms with Crippen LogP contribution in [-0.4, -0.2) is 38.1 Å². The lowest BCUT2D eigenvalue weighted by Gasteiger charge is -2.37. The van der Waals surface area contributed by atoms with E-state index in [1.54, 1.807) is 0 Å². The molecule has 1 unspecified atom stereocenters. The molecule has 4 heteroatoms. The van der Waals surface area contributed by atoms with Crippen molar-refractivity contribution in [3.05, 3.63) is 24.3 Å². The average Bonchev–Trinajstić information content (AvgIpc) is 2.99. The topological polar surface area (TPSA) is 35.6 Å². The summed E-state index contributed by atoms with van der Waals surface area (Å²) in [5.74, 6) is 0.257. The third-order valence-corrected chi connectivity index (χ3v) is 4.37. The number of nitrogens with one attached hydrogen (secondary N) is 1. The Kier molecular flexibility index (Phi) is 3.92. The van der Waals surface area contributed by atoms with Gasteiger partial charge in [-0.2, -0.15) is 0 Å². The van der Waals surface area contributed by atoms with Gasteiger partial charge in [-0.3, -0.25) is 4.79 Å². The standard InChI is InChI=1S/C16H23N3O/c1-2-18-10-11-19(15-8-4-3-7-14(15)18)16(20)12-13-6-5-9-17-13/h3-4,7-8,13,17H,2,5-6,9-12H2,1H3. The highest BCUT2D eigenvalue weighted by Gasteiger charge is 2.28. The molecule has 2 aliphatic heterocycles. The van der Waals surface area contributed by atoms with Gasteiger partial charge < -0.3 is 15.1 Å². The van der Waals surface area contributed by atoms with E-state index in [4.69, 9.17) is 0 Å².